The van der Waals surface area contributed by atoms with Gasteiger partial charge in [-0.05, 0) is 62.8 Å². The lowest BCUT2D eigenvalue weighted by atomic mass is 9.90. The van der Waals surface area contributed by atoms with Crippen molar-refractivity contribution < 1.29 is 19.1 Å². The second-order valence-corrected chi connectivity index (χ2v) is 8.22. The van der Waals surface area contributed by atoms with Crippen molar-refractivity contribution in [1.29, 1.82) is 0 Å². The summed E-state index contributed by atoms with van der Waals surface area (Å²) < 4.78 is 5.35. The van der Waals surface area contributed by atoms with Crippen LogP contribution in [0, 0.1) is 5.92 Å². The van der Waals surface area contributed by atoms with Crippen molar-refractivity contribution in [2.45, 2.75) is 46.1 Å². The van der Waals surface area contributed by atoms with Gasteiger partial charge in [0.1, 0.15) is 4.88 Å². The number of Topliss-reactive ketones (excluding diaryl/α,β-unsaturated/α-hetero) is 1. The first-order valence-corrected chi connectivity index (χ1v) is 9.89. The lowest BCUT2D eigenvalue weighted by molar-refractivity contribution is -0.123. The molecule has 0 unspecified atom stereocenters. The van der Waals surface area contributed by atoms with Crippen LogP contribution in [-0.2, 0) is 22.4 Å². The summed E-state index contributed by atoms with van der Waals surface area (Å²) in [6, 6.07) is 8.57. The smallest absolute Gasteiger partial charge is 0.349 e. The van der Waals surface area contributed by atoms with E-state index in [4.69, 9.17) is 4.74 Å². The van der Waals surface area contributed by atoms with Gasteiger partial charge in [0.15, 0.2) is 11.9 Å². The maximum atomic E-state index is 12.4. The van der Waals surface area contributed by atoms with Crippen LogP contribution in [0.3, 0.4) is 0 Å². The molecule has 1 aromatic heterocycles. The zero-order chi connectivity index (χ0) is 19.6. The van der Waals surface area contributed by atoms with Gasteiger partial charge in [-0.3, -0.25) is 9.59 Å². The molecule has 2 aromatic rings. The summed E-state index contributed by atoms with van der Waals surface area (Å²) in [6.45, 7) is 5.22. The summed E-state index contributed by atoms with van der Waals surface area (Å²) in [6.07, 6.45) is 2.19. The van der Waals surface area contributed by atoms with E-state index in [0.717, 1.165) is 19.3 Å². The minimum absolute atomic E-state index is 0.0819. The minimum Gasteiger partial charge on any atom is -0.448 e. The van der Waals surface area contributed by atoms with Crippen LogP contribution in [0.2, 0.25) is 0 Å². The molecule has 1 amide bonds. The largest absolute Gasteiger partial charge is 0.448 e. The average Bonchev–Trinajstić information content (AvgIpc) is 3.05. The Balaban J connectivity index is 1.62. The van der Waals surface area contributed by atoms with Gasteiger partial charge >= 0.3 is 5.97 Å². The van der Waals surface area contributed by atoms with E-state index in [1.54, 1.807) is 24.3 Å². The first-order valence-electron chi connectivity index (χ1n) is 9.08. The number of ether oxygens (including phenoxy) is 1. The van der Waals surface area contributed by atoms with Crippen molar-refractivity contribution in [1.82, 2.24) is 0 Å². The fraction of sp³-hybridized carbons (Fsp3) is 0.381. The highest BCUT2D eigenvalue weighted by Gasteiger charge is 2.24. The zero-order valence-electron chi connectivity index (χ0n) is 15.7. The summed E-state index contributed by atoms with van der Waals surface area (Å²) in [4.78, 5) is 38.0. The monoisotopic (exact) mass is 385 g/mol. The van der Waals surface area contributed by atoms with Crippen LogP contribution in [0.1, 0.15) is 57.7 Å². The van der Waals surface area contributed by atoms with Gasteiger partial charge in [0.2, 0.25) is 0 Å². The lowest BCUT2D eigenvalue weighted by Gasteiger charge is -2.16. The van der Waals surface area contributed by atoms with E-state index in [1.165, 1.54) is 35.6 Å². The summed E-state index contributed by atoms with van der Waals surface area (Å²) in [5, 5.41) is 2.68. The van der Waals surface area contributed by atoms with Gasteiger partial charge < -0.3 is 10.1 Å². The summed E-state index contributed by atoms with van der Waals surface area (Å²) >= 11 is 1.46. The van der Waals surface area contributed by atoms with Gasteiger partial charge in [0.05, 0.1) is 0 Å². The molecule has 6 heteroatoms. The lowest BCUT2D eigenvalue weighted by Crippen LogP contribution is -2.29. The number of nitrogens with one attached hydrogen (secondary N) is 1. The molecule has 0 aliphatic heterocycles. The van der Waals surface area contributed by atoms with E-state index < -0.39 is 18.0 Å². The molecule has 142 valence electrons. The Labute approximate surface area is 162 Å². The van der Waals surface area contributed by atoms with E-state index in [0.29, 0.717) is 22.0 Å². The molecule has 1 aliphatic carbocycles. The number of hydrogen-bond acceptors (Lipinski definition) is 5. The van der Waals surface area contributed by atoms with Crippen LogP contribution < -0.4 is 5.32 Å². The third-order valence-corrected chi connectivity index (χ3v) is 5.94. The molecule has 1 N–H and O–H groups in total. The van der Waals surface area contributed by atoms with Gasteiger partial charge in [-0.2, -0.15) is 0 Å². The van der Waals surface area contributed by atoms with Crippen LogP contribution in [0.5, 0.6) is 0 Å². The van der Waals surface area contributed by atoms with Gasteiger partial charge in [-0.25, -0.2) is 4.79 Å². The second-order valence-electron chi connectivity index (χ2n) is 7.08. The Bertz CT molecular complexity index is 886. The maximum absolute atomic E-state index is 12.4. The molecule has 0 saturated carbocycles. The molecule has 0 spiro atoms. The molecule has 27 heavy (non-hydrogen) atoms. The SMILES string of the molecule is CC(=O)c1cccc(NC(=O)[C@H](C)OC(=O)c2cc3c(s2)CC[C@@H](C)C3)c1. The molecule has 3 rings (SSSR count). The Kier molecular flexibility index (Phi) is 5.75. The predicted octanol–water partition coefficient (Wildman–Crippen LogP) is 4.26. The third-order valence-electron chi connectivity index (χ3n) is 4.72. The number of fused-ring (bicyclic) bond motifs is 1. The number of thiophene rings is 1. The predicted molar refractivity (Wildman–Crippen MR) is 105 cm³/mol. The molecule has 1 aliphatic rings. The Morgan fingerprint density at radius 3 is 2.78 bits per heavy atom. The quantitative estimate of drug-likeness (QED) is 0.617. The Morgan fingerprint density at radius 1 is 1.26 bits per heavy atom. The topological polar surface area (TPSA) is 72.5 Å². The first kappa shape index (κ1) is 19.3. The number of amides is 1. The summed E-state index contributed by atoms with van der Waals surface area (Å²) in [7, 11) is 0. The van der Waals surface area contributed by atoms with Crippen LogP contribution in [0.25, 0.3) is 0 Å². The van der Waals surface area contributed by atoms with Gasteiger partial charge in [0.25, 0.3) is 5.91 Å². The molecule has 2 atom stereocenters. The maximum Gasteiger partial charge on any atom is 0.349 e. The Hall–Kier alpha value is -2.47. The molecule has 1 heterocycles. The van der Waals surface area contributed by atoms with Crippen LogP contribution in [-0.4, -0.2) is 23.8 Å². The normalized spacial score (nSPS) is 16.9. The fourth-order valence-corrected chi connectivity index (χ4v) is 4.23. The number of anilines is 1. The van der Waals surface area contributed by atoms with Gasteiger partial charge in [-0.15, -0.1) is 11.3 Å². The van der Waals surface area contributed by atoms with Gasteiger partial charge in [0, 0.05) is 16.1 Å². The summed E-state index contributed by atoms with van der Waals surface area (Å²) in [5.41, 5.74) is 2.23. The fourth-order valence-electron chi connectivity index (χ4n) is 3.14. The zero-order valence-corrected chi connectivity index (χ0v) is 16.5. The van der Waals surface area contributed by atoms with E-state index in [1.807, 2.05) is 6.07 Å². The van der Waals surface area contributed by atoms with Crippen molar-refractivity contribution in [2.24, 2.45) is 5.92 Å². The molecule has 1 aromatic carbocycles. The number of carbonyl (C=O) groups is 3. The number of benzene rings is 1. The van der Waals surface area contributed by atoms with Crippen molar-refractivity contribution >= 4 is 34.7 Å². The average molecular weight is 385 g/mol. The number of carbonyl (C=O) groups excluding carboxylic acids is 3. The third kappa shape index (κ3) is 4.63. The van der Waals surface area contributed by atoms with E-state index in [9.17, 15) is 14.4 Å². The molecule has 0 radical (unpaired) electrons. The van der Waals surface area contributed by atoms with Crippen LogP contribution in [0.4, 0.5) is 5.69 Å². The van der Waals surface area contributed by atoms with Crippen molar-refractivity contribution in [2.75, 3.05) is 5.32 Å². The van der Waals surface area contributed by atoms with Gasteiger partial charge in [-0.1, -0.05) is 19.1 Å². The van der Waals surface area contributed by atoms with Crippen LogP contribution >= 0.6 is 11.3 Å². The molecular formula is C21H23NO4S. The standard InChI is InChI=1S/C21H23NO4S/c1-12-7-8-18-16(9-12)11-19(27-18)21(25)26-14(3)20(24)22-17-6-4-5-15(10-17)13(2)23/h4-6,10-12,14H,7-9H2,1-3H3,(H,22,24)/t12-,14+/m1/s1. The van der Waals surface area contributed by atoms with Crippen LogP contribution in [0.15, 0.2) is 30.3 Å². The van der Waals surface area contributed by atoms with Crippen molar-refractivity contribution in [3.8, 4) is 0 Å². The number of esters is 1. The number of hydrogen-bond donors (Lipinski definition) is 1. The molecule has 5 nitrogen and oxygen atoms in total. The number of aryl methyl sites for hydroxylation is 1. The highest BCUT2D eigenvalue weighted by molar-refractivity contribution is 7.14. The molecule has 0 fully saturated rings. The van der Waals surface area contributed by atoms with Crippen molar-refractivity contribution in [3.05, 3.63) is 51.2 Å². The molecular weight excluding hydrogens is 362 g/mol. The first-order chi connectivity index (χ1) is 12.8. The molecule has 0 saturated heterocycles. The van der Waals surface area contributed by atoms with Crippen molar-refractivity contribution in [3.63, 3.8) is 0 Å². The van der Waals surface area contributed by atoms with E-state index in [2.05, 4.69) is 12.2 Å². The summed E-state index contributed by atoms with van der Waals surface area (Å²) in [5.74, 6) is -0.353. The highest BCUT2D eigenvalue weighted by atomic mass is 32.1. The second kappa shape index (κ2) is 8.05. The number of rotatable bonds is 5. The van der Waals surface area contributed by atoms with E-state index >= 15 is 0 Å². The van der Waals surface area contributed by atoms with E-state index in [-0.39, 0.29) is 5.78 Å². The number of ketones is 1. The molecule has 0 bridgehead atoms. The Morgan fingerprint density at radius 2 is 2.04 bits per heavy atom. The minimum atomic E-state index is -0.934. The highest BCUT2D eigenvalue weighted by Crippen LogP contribution is 2.32.